The van der Waals surface area contributed by atoms with Crippen LogP contribution in [0.2, 0.25) is 5.02 Å². The Kier molecular flexibility index (Phi) is 4.46. The minimum Gasteiger partial charge on any atom is -0.396 e. The molecule has 2 rings (SSSR count). The number of rotatable bonds is 4. The van der Waals surface area contributed by atoms with Crippen molar-refractivity contribution in [1.82, 2.24) is 0 Å². The van der Waals surface area contributed by atoms with Crippen molar-refractivity contribution in [3.63, 3.8) is 0 Å². The Balaban J connectivity index is 2.01. The van der Waals surface area contributed by atoms with Crippen molar-refractivity contribution < 1.29 is 9.50 Å². The second-order valence-electron chi connectivity index (χ2n) is 5.20. The molecule has 4 heteroatoms. The van der Waals surface area contributed by atoms with Crippen LogP contribution >= 0.6 is 11.6 Å². The van der Waals surface area contributed by atoms with Gasteiger partial charge in [-0.05, 0) is 31.0 Å². The Morgan fingerprint density at radius 2 is 2.00 bits per heavy atom. The van der Waals surface area contributed by atoms with Gasteiger partial charge in [-0.25, -0.2) is 4.39 Å². The van der Waals surface area contributed by atoms with Gasteiger partial charge in [0, 0.05) is 17.0 Å². The van der Waals surface area contributed by atoms with E-state index in [2.05, 4.69) is 5.32 Å². The highest BCUT2D eigenvalue weighted by Crippen LogP contribution is 2.36. The number of aliphatic hydroxyl groups is 1. The number of hydrogen-bond donors (Lipinski definition) is 2. The molecule has 0 amide bonds. The zero-order chi connectivity index (χ0) is 13.0. The highest BCUT2D eigenvalue weighted by Gasteiger charge is 2.31. The zero-order valence-electron chi connectivity index (χ0n) is 10.4. The maximum Gasteiger partial charge on any atom is 0.147 e. The minimum absolute atomic E-state index is 0.0929. The number of halogens is 2. The standard InChI is InChI=1S/C14H19ClFNO/c15-11-4-5-13(12(16)8-11)17-9-14(10-18)6-2-1-3-7-14/h4-5,8,17-18H,1-3,6-7,9-10H2. The summed E-state index contributed by atoms with van der Waals surface area (Å²) >= 11 is 5.71. The van der Waals surface area contributed by atoms with Crippen LogP contribution in [0.5, 0.6) is 0 Å². The fourth-order valence-electron chi connectivity index (χ4n) is 2.61. The molecule has 0 aliphatic heterocycles. The van der Waals surface area contributed by atoms with E-state index in [4.69, 9.17) is 11.6 Å². The molecule has 1 saturated carbocycles. The molecule has 0 spiro atoms. The predicted molar refractivity (Wildman–Crippen MR) is 72.5 cm³/mol. The maximum atomic E-state index is 13.6. The summed E-state index contributed by atoms with van der Waals surface area (Å²) in [4.78, 5) is 0. The normalized spacial score (nSPS) is 18.6. The Morgan fingerprint density at radius 1 is 1.28 bits per heavy atom. The third kappa shape index (κ3) is 3.15. The van der Waals surface area contributed by atoms with Crippen molar-refractivity contribution in [2.45, 2.75) is 32.1 Å². The second kappa shape index (κ2) is 5.89. The Labute approximate surface area is 112 Å². The summed E-state index contributed by atoms with van der Waals surface area (Å²) in [6, 6.07) is 4.61. The maximum absolute atomic E-state index is 13.6. The average Bonchev–Trinajstić information content (AvgIpc) is 2.39. The molecule has 0 saturated heterocycles. The van der Waals surface area contributed by atoms with Crippen LogP contribution in [0, 0.1) is 11.2 Å². The average molecular weight is 272 g/mol. The molecule has 0 radical (unpaired) electrons. The molecule has 1 fully saturated rings. The molecule has 1 aliphatic rings. The molecule has 0 atom stereocenters. The molecule has 0 bridgehead atoms. The van der Waals surface area contributed by atoms with Gasteiger partial charge in [0.05, 0.1) is 12.3 Å². The van der Waals surface area contributed by atoms with Gasteiger partial charge >= 0.3 is 0 Å². The van der Waals surface area contributed by atoms with E-state index in [9.17, 15) is 9.50 Å². The molecular weight excluding hydrogens is 253 g/mol. The monoisotopic (exact) mass is 271 g/mol. The Bertz CT molecular complexity index is 405. The van der Waals surface area contributed by atoms with Crippen molar-refractivity contribution in [2.75, 3.05) is 18.5 Å². The van der Waals surface area contributed by atoms with Gasteiger partial charge in [-0.15, -0.1) is 0 Å². The first-order valence-electron chi connectivity index (χ1n) is 6.45. The quantitative estimate of drug-likeness (QED) is 0.872. The first-order chi connectivity index (χ1) is 8.65. The van der Waals surface area contributed by atoms with Gasteiger partial charge in [-0.2, -0.15) is 0 Å². The fraction of sp³-hybridized carbons (Fsp3) is 0.571. The Hall–Kier alpha value is -0.800. The summed E-state index contributed by atoms with van der Waals surface area (Å²) in [5.41, 5.74) is 0.363. The van der Waals surface area contributed by atoms with Gasteiger partial charge in [0.25, 0.3) is 0 Å². The van der Waals surface area contributed by atoms with Gasteiger partial charge < -0.3 is 10.4 Å². The molecule has 1 aliphatic carbocycles. The van der Waals surface area contributed by atoms with Crippen molar-refractivity contribution in [3.8, 4) is 0 Å². The highest BCUT2D eigenvalue weighted by molar-refractivity contribution is 6.30. The number of anilines is 1. The molecule has 1 aromatic rings. The molecule has 18 heavy (non-hydrogen) atoms. The molecule has 0 unspecified atom stereocenters. The van der Waals surface area contributed by atoms with Gasteiger partial charge in [0.2, 0.25) is 0 Å². The lowest BCUT2D eigenvalue weighted by Gasteiger charge is -2.36. The lowest BCUT2D eigenvalue weighted by molar-refractivity contribution is 0.0943. The number of nitrogens with one attached hydrogen (secondary N) is 1. The van der Waals surface area contributed by atoms with Crippen molar-refractivity contribution >= 4 is 17.3 Å². The van der Waals surface area contributed by atoms with Crippen LogP contribution < -0.4 is 5.32 Å². The number of aliphatic hydroxyl groups excluding tert-OH is 1. The lowest BCUT2D eigenvalue weighted by Crippen LogP contribution is -2.35. The van der Waals surface area contributed by atoms with Crippen LogP contribution in [0.25, 0.3) is 0 Å². The molecule has 2 N–H and O–H groups in total. The summed E-state index contributed by atoms with van der Waals surface area (Å²) in [6.07, 6.45) is 5.53. The summed E-state index contributed by atoms with van der Waals surface area (Å²) in [5, 5.41) is 13.1. The van der Waals surface area contributed by atoms with Gasteiger partial charge in [-0.3, -0.25) is 0 Å². The number of hydrogen-bond acceptors (Lipinski definition) is 2. The molecule has 1 aromatic carbocycles. The van der Waals surface area contributed by atoms with E-state index >= 15 is 0 Å². The van der Waals surface area contributed by atoms with Gasteiger partial charge in [0.1, 0.15) is 5.82 Å². The SMILES string of the molecule is OCC1(CNc2ccc(Cl)cc2F)CCCCC1. The van der Waals surface area contributed by atoms with E-state index in [0.29, 0.717) is 17.3 Å². The van der Waals surface area contributed by atoms with Crippen molar-refractivity contribution in [2.24, 2.45) is 5.41 Å². The summed E-state index contributed by atoms with van der Waals surface area (Å²) < 4.78 is 13.6. The predicted octanol–water partition coefficient (Wildman–Crippen LogP) is 3.83. The molecule has 2 nitrogen and oxygen atoms in total. The van der Waals surface area contributed by atoms with Crippen LogP contribution in [-0.2, 0) is 0 Å². The van der Waals surface area contributed by atoms with Gasteiger partial charge in [0.15, 0.2) is 0 Å². The largest absolute Gasteiger partial charge is 0.396 e. The smallest absolute Gasteiger partial charge is 0.147 e. The highest BCUT2D eigenvalue weighted by atomic mass is 35.5. The summed E-state index contributed by atoms with van der Waals surface area (Å²) in [7, 11) is 0. The van der Waals surface area contributed by atoms with Crippen LogP contribution in [0.15, 0.2) is 18.2 Å². The molecule has 100 valence electrons. The van der Waals surface area contributed by atoms with Crippen LogP contribution in [0.4, 0.5) is 10.1 Å². The first kappa shape index (κ1) is 13.6. The van der Waals surface area contributed by atoms with E-state index in [1.54, 1.807) is 12.1 Å². The van der Waals surface area contributed by atoms with E-state index in [1.165, 1.54) is 12.5 Å². The zero-order valence-corrected chi connectivity index (χ0v) is 11.1. The van der Waals surface area contributed by atoms with E-state index < -0.39 is 0 Å². The van der Waals surface area contributed by atoms with Crippen LogP contribution in [0.1, 0.15) is 32.1 Å². The summed E-state index contributed by atoms with van der Waals surface area (Å²) in [5.74, 6) is -0.341. The lowest BCUT2D eigenvalue weighted by atomic mass is 9.74. The van der Waals surface area contributed by atoms with Crippen LogP contribution in [-0.4, -0.2) is 18.3 Å². The topological polar surface area (TPSA) is 32.3 Å². The Morgan fingerprint density at radius 3 is 2.61 bits per heavy atom. The molecule has 0 aromatic heterocycles. The summed E-state index contributed by atoms with van der Waals surface area (Å²) in [6.45, 7) is 0.775. The van der Waals surface area contributed by atoms with Gasteiger partial charge in [-0.1, -0.05) is 30.9 Å². The second-order valence-corrected chi connectivity index (χ2v) is 5.63. The van der Waals surface area contributed by atoms with Crippen LogP contribution in [0.3, 0.4) is 0 Å². The minimum atomic E-state index is -0.341. The molecule has 0 heterocycles. The molecular formula is C14H19ClFNO. The van der Waals surface area contributed by atoms with E-state index in [1.807, 2.05) is 0 Å². The van der Waals surface area contributed by atoms with Crippen molar-refractivity contribution in [3.05, 3.63) is 29.0 Å². The van der Waals surface area contributed by atoms with Crippen molar-refractivity contribution in [1.29, 1.82) is 0 Å². The number of benzene rings is 1. The third-order valence-corrected chi connectivity index (χ3v) is 4.07. The first-order valence-corrected chi connectivity index (χ1v) is 6.83. The van der Waals surface area contributed by atoms with E-state index in [0.717, 1.165) is 25.7 Å². The van der Waals surface area contributed by atoms with E-state index in [-0.39, 0.29) is 17.8 Å². The fourth-order valence-corrected chi connectivity index (χ4v) is 2.77. The third-order valence-electron chi connectivity index (χ3n) is 3.83.